The molecule has 2 rings (SSSR count). The molecule has 0 aliphatic heterocycles. The zero-order chi connectivity index (χ0) is 19.3. The van der Waals surface area contributed by atoms with Crippen LogP contribution >= 0.6 is 0 Å². The van der Waals surface area contributed by atoms with Crippen molar-refractivity contribution in [2.75, 3.05) is 6.61 Å². The van der Waals surface area contributed by atoms with Crippen molar-refractivity contribution >= 4 is 5.78 Å². The first kappa shape index (κ1) is 19.3. The molecular formula is C20H22N2O4. The number of hydrogen-bond donors (Lipinski definition) is 1. The molecule has 0 atom stereocenters. The Balaban J connectivity index is 2.31. The van der Waals surface area contributed by atoms with Crippen molar-refractivity contribution in [2.45, 2.75) is 33.1 Å². The summed E-state index contributed by atoms with van der Waals surface area (Å²) in [7, 11) is 1.32. The molecule has 0 radical (unpaired) electrons. The molecule has 0 aliphatic carbocycles. The minimum absolute atomic E-state index is 0.0414. The lowest BCUT2D eigenvalue weighted by Crippen LogP contribution is -2.24. The minimum atomic E-state index is -0.630. The highest BCUT2D eigenvalue weighted by atomic mass is 16.5. The Bertz CT molecular complexity index is 905. The standard InChI is InChI=1S/C20H22N2O4/c1-4-5-6-11-26-15-9-7-14(8-10-15)18(23)17-13(2)16(12-21)19(24)22(3)20(17)25/h7-10,25H,4-6,11H2,1-3H3. The molecule has 1 N–H and O–H groups in total. The van der Waals surface area contributed by atoms with Crippen LogP contribution in [0.5, 0.6) is 11.6 Å². The normalized spacial score (nSPS) is 10.4. The van der Waals surface area contributed by atoms with Crippen LogP contribution in [0, 0.1) is 18.3 Å². The number of pyridine rings is 1. The molecule has 1 heterocycles. The topological polar surface area (TPSA) is 92.3 Å². The van der Waals surface area contributed by atoms with Crippen LogP contribution in [0.3, 0.4) is 0 Å². The van der Waals surface area contributed by atoms with E-state index in [4.69, 9.17) is 4.74 Å². The van der Waals surface area contributed by atoms with E-state index in [2.05, 4.69) is 6.92 Å². The van der Waals surface area contributed by atoms with E-state index in [0.717, 1.165) is 23.8 Å². The second kappa shape index (κ2) is 8.34. The minimum Gasteiger partial charge on any atom is -0.494 e. The lowest BCUT2D eigenvalue weighted by molar-refractivity contribution is 0.103. The van der Waals surface area contributed by atoms with Gasteiger partial charge >= 0.3 is 0 Å². The highest BCUT2D eigenvalue weighted by molar-refractivity contribution is 6.11. The quantitative estimate of drug-likeness (QED) is 0.609. The van der Waals surface area contributed by atoms with Gasteiger partial charge in [-0.05, 0) is 43.2 Å². The highest BCUT2D eigenvalue weighted by Gasteiger charge is 2.23. The first-order chi connectivity index (χ1) is 12.4. The van der Waals surface area contributed by atoms with Crippen LogP contribution in [0.15, 0.2) is 29.1 Å². The molecule has 0 spiro atoms. The Morgan fingerprint density at radius 3 is 2.50 bits per heavy atom. The molecule has 26 heavy (non-hydrogen) atoms. The molecule has 0 saturated heterocycles. The third-order valence-electron chi connectivity index (χ3n) is 4.28. The zero-order valence-electron chi connectivity index (χ0n) is 15.2. The SMILES string of the molecule is CCCCCOc1ccc(C(=O)c2c(C)c(C#N)c(=O)n(C)c2O)cc1. The summed E-state index contributed by atoms with van der Waals surface area (Å²) in [4.78, 5) is 24.8. The second-order valence-electron chi connectivity index (χ2n) is 6.08. The van der Waals surface area contributed by atoms with Crippen LogP contribution in [0.2, 0.25) is 0 Å². The Kier molecular flexibility index (Phi) is 6.18. The van der Waals surface area contributed by atoms with E-state index in [1.165, 1.54) is 14.0 Å². The smallest absolute Gasteiger partial charge is 0.271 e. The number of hydrogen-bond acceptors (Lipinski definition) is 5. The second-order valence-corrected chi connectivity index (χ2v) is 6.08. The van der Waals surface area contributed by atoms with Crippen molar-refractivity contribution in [3.8, 4) is 17.7 Å². The number of ether oxygens (including phenoxy) is 1. The van der Waals surface area contributed by atoms with Gasteiger partial charge in [0.15, 0.2) is 5.78 Å². The summed E-state index contributed by atoms with van der Waals surface area (Å²) in [6.45, 7) is 4.22. The number of carbonyl (C=O) groups excluding carboxylic acids is 1. The van der Waals surface area contributed by atoms with E-state index in [1.54, 1.807) is 30.3 Å². The maximum atomic E-state index is 12.8. The average molecular weight is 354 g/mol. The number of carbonyl (C=O) groups is 1. The van der Waals surface area contributed by atoms with Gasteiger partial charge in [-0.3, -0.25) is 14.2 Å². The number of aromatic hydroxyl groups is 1. The van der Waals surface area contributed by atoms with Crippen molar-refractivity contribution < 1.29 is 14.6 Å². The Hall–Kier alpha value is -3.07. The molecule has 6 nitrogen and oxygen atoms in total. The third-order valence-corrected chi connectivity index (χ3v) is 4.28. The van der Waals surface area contributed by atoms with Gasteiger partial charge in [0.25, 0.3) is 5.56 Å². The predicted octanol–water partition coefficient (Wildman–Crippen LogP) is 3.07. The van der Waals surface area contributed by atoms with E-state index in [-0.39, 0.29) is 16.7 Å². The van der Waals surface area contributed by atoms with Gasteiger partial charge in [0.1, 0.15) is 17.4 Å². The summed E-state index contributed by atoms with van der Waals surface area (Å²) in [6.07, 6.45) is 3.19. The predicted molar refractivity (Wildman–Crippen MR) is 97.7 cm³/mol. The molecular weight excluding hydrogens is 332 g/mol. The maximum absolute atomic E-state index is 12.8. The number of unbranched alkanes of at least 4 members (excludes halogenated alkanes) is 2. The summed E-state index contributed by atoms with van der Waals surface area (Å²) < 4.78 is 6.52. The molecule has 0 amide bonds. The lowest BCUT2D eigenvalue weighted by Gasteiger charge is -2.13. The number of benzene rings is 1. The van der Waals surface area contributed by atoms with Gasteiger partial charge in [-0.2, -0.15) is 5.26 Å². The molecule has 1 aromatic heterocycles. The number of nitriles is 1. The van der Waals surface area contributed by atoms with Crippen LogP contribution in [0.1, 0.15) is 53.2 Å². The molecule has 0 aliphatic rings. The number of ketones is 1. The number of nitrogens with zero attached hydrogens (tertiary/aromatic N) is 2. The molecule has 0 fully saturated rings. The summed E-state index contributed by atoms with van der Waals surface area (Å²) in [5, 5.41) is 19.4. The van der Waals surface area contributed by atoms with Crippen molar-refractivity contribution in [1.29, 1.82) is 5.26 Å². The van der Waals surface area contributed by atoms with Crippen LogP contribution < -0.4 is 10.3 Å². The molecule has 136 valence electrons. The number of rotatable bonds is 7. The molecule has 0 bridgehead atoms. The van der Waals surface area contributed by atoms with E-state index in [9.17, 15) is 20.0 Å². The van der Waals surface area contributed by atoms with Crippen LogP contribution in [0.4, 0.5) is 0 Å². The number of aromatic nitrogens is 1. The largest absolute Gasteiger partial charge is 0.494 e. The van der Waals surface area contributed by atoms with Gasteiger partial charge in [0, 0.05) is 12.6 Å². The van der Waals surface area contributed by atoms with Crippen molar-refractivity contribution in [2.24, 2.45) is 7.05 Å². The first-order valence-electron chi connectivity index (χ1n) is 8.52. The van der Waals surface area contributed by atoms with Crippen LogP contribution in [0.25, 0.3) is 0 Å². The van der Waals surface area contributed by atoms with Crippen molar-refractivity contribution in [3.05, 3.63) is 56.9 Å². The molecule has 0 unspecified atom stereocenters. The summed E-state index contributed by atoms with van der Waals surface area (Å²) in [5.74, 6) is -0.238. The zero-order valence-corrected chi connectivity index (χ0v) is 15.2. The fourth-order valence-corrected chi connectivity index (χ4v) is 2.68. The molecule has 6 heteroatoms. The van der Waals surface area contributed by atoms with E-state index >= 15 is 0 Å². The van der Waals surface area contributed by atoms with Gasteiger partial charge in [-0.25, -0.2) is 0 Å². The van der Waals surface area contributed by atoms with E-state index < -0.39 is 17.2 Å². The summed E-state index contributed by atoms with van der Waals surface area (Å²) >= 11 is 0. The van der Waals surface area contributed by atoms with Gasteiger partial charge in [-0.15, -0.1) is 0 Å². The molecule has 1 aromatic carbocycles. The van der Waals surface area contributed by atoms with Gasteiger partial charge in [-0.1, -0.05) is 19.8 Å². The summed E-state index contributed by atoms with van der Waals surface area (Å²) in [6, 6.07) is 8.40. The lowest BCUT2D eigenvalue weighted by atomic mass is 9.97. The maximum Gasteiger partial charge on any atom is 0.271 e. The third kappa shape index (κ3) is 3.77. The van der Waals surface area contributed by atoms with Gasteiger partial charge < -0.3 is 9.84 Å². The van der Waals surface area contributed by atoms with Crippen molar-refractivity contribution in [1.82, 2.24) is 4.57 Å². The molecule has 2 aromatic rings. The monoisotopic (exact) mass is 354 g/mol. The van der Waals surface area contributed by atoms with Crippen LogP contribution in [-0.4, -0.2) is 22.1 Å². The Morgan fingerprint density at radius 2 is 1.92 bits per heavy atom. The Morgan fingerprint density at radius 1 is 1.27 bits per heavy atom. The van der Waals surface area contributed by atoms with E-state index in [1.807, 2.05) is 0 Å². The average Bonchev–Trinajstić information content (AvgIpc) is 2.64. The van der Waals surface area contributed by atoms with E-state index in [0.29, 0.717) is 17.9 Å². The van der Waals surface area contributed by atoms with Gasteiger partial charge in [0.05, 0.1) is 12.2 Å². The highest BCUT2D eigenvalue weighted by Crippen LogP contribution is 2.25. The fourth-order valence-electron chi connectivity index (χ4n) is 2.68. The summed E-state index contributed by atoms with van der Waals surface area (Å²) in [5.41, 5.74) is -0.301. The first-order valence-corrected chi connectivity index (χ1v) is 8.52. The van der Waals surface area contributed by atoms with Crippen LogP contribution in [-0.2, 0) is 7.05 Å². The molecule has 0 saturated carbocycles. The fraction of sp³-hybridized carbons (Fsp3) is 0.350. The van der Waals surface area contributed by atoms with Crippen molar-refractivity contribution in [3.63, 3.8) is 0 Å². The Labute approximate surface area is 152 Å². The van der Waals surface area contributed by atoms with Gasteiger partial charge in [0.2, 0.25) is 5.88 Å².